The molecule has 4 rings (SSSR count). The number of carbonyl (C=O) groups excluding carboxylic acids is 2. The van der Waals surface area contributed by atoms with Gasteiger partial charge >= 0.3 is 0 Å². The Morgan fingerprint density at radius 3 is 2.52 bits per heavy atom. The smallest absolute Gasteiger partial charge is 0.256 e. The van der Waals surface area contributed by atoms with Crippen molar-refractivity contribution in [1.29, 1.82) is 0 Å². The third-order valence-corrected chi connectivity index (χ3v) is 5.97. The first-order chi connectivity index (χ1) is 15.1. The summed E-state index contributed by atoms with van der Waals surface area (Å²) in [5, 5.41) is 2.80. The van der Waals surface area contributed by atoms with Crippen LogP contribution in [-0.4, -0.2) is 43.0 Å². The summed E-state index contributed by atoms with van der Waals surface area (Å²) >= 11 is 1.51. The number of nitrogens with one attached hydrogen (secondary N) is 1. The van der Waals surface area contributed by atoms with Gasteiger partial charge in [0.15, 0.2) is 0 Å². The van der Waals surface area contributed by atoms with Crippen molar-refractivity contribution in [2.24, 2.45) is 0 Å². The van der Waals surface area contributed by atoms with Gasteiger partial charge in [0.25, 0.3) is 5.91 Å². The van der Waals surface area contributed by atoms with Crippen molar-refractivity contribution in [3.8, 4) is 10.4 Å². The number of rotatable bonds is 5. The summed E-state index contributed by atoms with van der Waals surface area (Å²) in [7, 11) is 0. The van der Waals surface area contributed by atoms with Crippen molar-refractivity contribution in [2.45, 2.75) is 0 Å². The quantitative estimate of drug-likeness (QED) is 0.591. The Balaban J connectivity index is 1.43. The topological polar surface area (TPSA) is 58.6 Å². The Morgan fingerprint density at radius 1 is 1.00 bits per heavy atom. The first-order valence-electron chi connectivity index (χ1n) is 9.91. The molecule has 158 valence electrons. The predicted octanol–water partition coefficient (Wildman–Crippen LogP) is 4.68. The summed E-state index contributed by atoms with van der Waals surface area (Å²) < 4.78 is 18.4. The number of thiophene rings is 1. The van der Waals surface area contributed by atoms with E-state index in [1.807, 2.05) is 12.1 Å². The molecule has 1 saturated heterocycles. The van der Waals surface area contributed by atoms with Gasteiger partial charge in [0.05, 0.1) is 24.5 Å². The zero-order valence-electron chi connectivity index (χ0n) is 16.7. The number of halogens is 1. The van der Waals surface area contributed by atoms with Crippen LogP contribution in [0.4, 0.5) is 10.1 Å². The number of ether oxygens (including phenoxy) is 1. The number of hydrogen-bond donors (Lipinski definition) is 1. The van der Waals surface area contributed by atoms with Gasteiger partial charge in [0, 0.05) is 28.9 Å². The van der Waals surface area contributed by atoms with Crippen LogP contribution in [0.3, 0.4) is 0 Å². The highest BCUT2D eigenvalue weighted by molar-refractivity contribution is 7.16. The molecule has 3 aromatic rings. The second kappa shape index (κ2) is 9.68. The van der Waals surface area contributed by atoms with Gasteiger partial charge in [-0.15, -0.1) is 11.3 Å². The average molecular weight is 437 g/mol. The second-order valence-electron chi connectivity index (χ2n) is 6.98. The maximum absolute atomic E-state index is 13.1. The highest BCUT2D eigenvalue weighted by atomic mass is 32.1. The molecule has 1 aliphatic heterocycles. The van der Waals surface area contributed by atoms with Crippen LogP contribution in [0.5, 0.6) is 0 Å². The number of benzene rings is 2. The van der Waals surface area contributed by atoms with Gasteiger partial charge in [0.1, 0.15) is 5.82 Å². The first-order valence-corrected chi connectivity index (χ1v) is 10.7. The van der Waals surface area contributed by atoms with E-state index in [1.54, 1.807) is 47.4 Å². The minimum Gasteiger partial charge on any atom is -0.378 e. The van der Waals surface area contributed by atoms with Gasteiger partial charge in [-0.05, 0) is 48.0 Å². The van der Waals surface area contributed by atoms with Crippen LogP contribution in [-0.2, 0) is 9.53 Å². The average Bonchev–Trinajstić information content (AvgIpc) is 3.28. The number of carbonyl (C=O) groups is 2. The number of anilines is 1. The fraction of sp³-hybridized carbons (Fsp3) is 0.167. The van der Waals surface area contributed by atoms with Gasteiger partial charge in [-0.3, -0.25) is 9.59 Å². The van der Waals surface area contributed by atoms with Gasteiger partial charge < -0.3 is 15.0 Å². The molecule has 0 atom stereocenters. The van der Waals surface area contributed by atoms with Gasteiger partial charge in [-0.25, -0.2) is 4.39 Å². The van der Waals surface area contributed by atoms with Crippen LogP contribution >= 0.6 is 11.3 Å². The molecule has 0 spiro atoms. The van der Waals surface area contributed by atoms with Crippen molar-refractivity contribution in [3.63, 3.8) is 0 Å². The van der Waals surface area contributed by atoms with E-state index in [1.165, 1.54) is 29.5 Å². The van der Waals surface area contributed by atoms with Crippen molar-refractivity contribution in [2.75, 3.05) is 31.6 Å². The number of hydrogen-bond acceptors (Lipinski definition) is 4. The highest BCUT2D eigenvalue weighted by Gasteiger charge is 2.21. The summed E-state index contributed by atoms with van der Waals surface area (Å²) in [6, 6.07) is 17.1. The fourth-order valence-corrected chi connectivity index (χ4v) is 4.18. The van der Waals surface area contributed by atoms with E-state index in [9.17, 15) is 14.0 Å². The number of morpholine rings is 1. The lowest BCUT2D eigenvalue weighted by Crippen LogP contribution is -2.41. The summed E-state index contributed by atoms with van der Waals surface area (Å²) in [6.45, 7) is 2.11. The van der Waals surface area contributed by atoms with Crippen LogP contribution in [0.15, 0.2) is 66.7 Å². The molecule has 1 fully saturated rings. The van der Waals surface area contributed by atoms with Crippen molar-refractivity contribution >= 4 is 34.9 Å². The number of para-hydroxylation sites is 1. The molecule has 0 unspecified atom stereocenters. The Bertz CT molecular complexity index is 1100. The Morgan fingerprint density at radius 2 is 1.74 bits per heavy atom. The van der Waals surface area contributed by atoms with E-state index in [4.69, 9.17) is 4.74 Å². The Kier molecular flexibility index (Phi) is 6.54. The molecular weight excluding hydrogens is 415 g/mol. The number of amides is 2. The molecule has 7 heteroatoms. The molecule has 0 aliphatic carbocycles. The van der Waals surface area contributed by atoms with Crippen LogP contribution in [0, 0.1) is 5.82 Å². The third kappa shape index (κ3) is 5.25. The molecular formula is C24H21FN2O3S. The summed E-state index contributed by atoms with van der Waals surface area (Å²) in [5.74, 6) is -0.714. The van der Waals surface area contributed by atoms with Crippen LogP contribution < -0.4 is 5.32 Å². The molecule has 0 bridgehead atoms. The van der Waals surface area contributed by atoms with E-state index < -0.39 is 0 Å². The Hall–Kier alpha value is -3.29. The van der Waals surface area contributed by atoms with Gasteiger partial charge in [-0.1, -0.05) is 24.3 Å². The predicted molar refractivity (Wildman–Crippen MR) is 121 cm³/mol. The maximum atomic E-state index is 13.1. The van der Waals surface area contributed by atoms with Crippen molar-refractivity contribution in [3.05, 3.63) is 83.0 Å². The Labute approximate surface area is 183 Å². The first kappa shape index (κ1) is 21.0. The van der Waals surface area contributed by atoms with Crippen LogP contribution in [0.1, 0.15) is 15.2 Å². The zero-order valence-corrected chi connectivity index (χ0v) is 17.5. The lowest BCUT2D eigenvalue weighted by atomic mass is 10.1. The molecule has 1 aliphatic rings. The van der Waals surface area contributed by atoms with E-state index in [-0.39, 0.29) is 17.6 Å². The van der Waals surface area contributed by atoms with Crippen LogP contribution in [0.2, 0.25) is 0 Å². The largest absolute Gasteiger partial charge is 0.378 e. The number of nitrogens with zero attached hydrogens (tertiary/aromatic N) is 1. The van der Waals surface area contributed by atoms with E-state index in [0.717, 1.165) is 15.3 Å². The maximum Gasteiger partial charge on any atom is 0.256 e. The normalized spacial score (nSPS) is 14.0. The second-order valence-corrected chi connectivity index (χ2v) is 8.10. The standard InChI is InChI=1S/C24H21FN2O3S/c25-18-7-5-17(6-8-18)22-11-9-19(31-22)10-12-23(28)26-21-4-2-1-3-20(21)24(29)27-13-15-30-16-14-27/h1-12H,13-16H2,(H,26,28)/b12-10+. The van der Waals surface area contributed by atoms with Gasteiger partial charge in [0.2, 0.25) is 5.91 Å². The molecule has 5 nitrogen and oxygen atoms in total. The van der Waals surface area contributed by atoms with E-state index >= 15 is 0 Å². The lowest BCUT2D eigenvalue weighted by Gasteiger charge is -2.27. The molecule has 0 saturated carbocycles. The minimum absolute atomic E-state index is 0.120. The van der Waals surface area contributed by atoms with Crippen molar-refractivity contribution < 1.29 is 18.7 Å². The molecule has 31 heavy (non-hydrogen) atoms. The highest BCUT2D eigenvalue weighted by Crippen LogP contribution is 2.29. The SMILES string of the molecule is O=C(/C=C/c1ccc(-c2ccc(F)cc2)s1)Nc1ccccc1C(=O)N1CCOCC1. The molecule has 2 amide bonds. The minimum atomic E-state index is -0.320. The summed E-state index contributed by atoms with van der Waals surface area (Å²) in [4.78, 5) is 28.9. The molecule has 1 aromatic heterocycles. The molecule has 2 aromatic carbocycles. The third-order valence-electron chi connectivity index (χ3n) is 4.87. The molecule has 1 N–H and O–H groups in total. The summed E-state index contributed by atoms with van der Waals surface area (Å²) in [5.41, 5.74) is 1.86. The monoisotopic (exact) mass is 436 g/mol. The zero-order chi connectivity index (χ0) is 21.6. The van der Waals surface area contributed by atoms with E-state index in [0.29, 0.717) is 37.6 Å². The molecule has 0 radical (unpaired) electrons. The molecule has 2 heterocycles. The van der Waals surface area contributed by atoms with Crippen LogP contribution in [0.25, 0.3) is 16.5 Å². The van der Waals surface area contributed by atoms with E-state index in [2.05, 4.69) is 5.32 Å². The fourth-order valence-electron chi connectivity index (χ4n) is 3.26. The van der Waals surface area contributed by atoms with Crippen molar-refractivity contribution in [1.82, 2.24) is 4.90 Å². The lowest BCUT2D eigenvalue weighted by molar-refractivity contribution is -0.111. The van der Waals surface area contributed by atoms with Gasteiger partial charge in [-0.2, -0.15) is 0 Å². The summed E-state index contributed by atoms with van der Waals surface area (Å²) in [6.07, 6.45) is 3.16.